The van der Waals surface area contributed by atoms with Crippen molar-refractivity contribution in [2.45, 2.75) is 45.3 Å². The van der Waals surface area contributed by atoms with E-state index >= 15 is 0 Å². The van der Waals surface area contributed by atoms with Crippen LogP contribution in [0.4, 0.5) is 0 Å². The zero-order valence-corrected chi connectivity index (χ0v) is 11.8. The van der Waals surface area contributed by atoms with Crippen LogP contribution in [0.15, 0.2) is 0 Å². The summed E-state index contributed by atoms with van der Waals surface area (Å²) in [6.07, 6.45) is 2.94. The molecule has 1 aliphatic rings. The highest BCUT2D eigenvalue weighted by atomic mass is 35.5. The van der Waals surface area contributed by atoms with Crippen molar-refractivity contribution >= 4 is 18.3 Å². The van der Waals surface area contributed by atoms with Crippen molar-refractivity contribution in [3.05, 3.63) is 0 Å². The first-order valence-corrected chi connectivity index (χ1v) is 6.17. The Kier molecular flexibility index (Phi) is 7.75. The van der Waals surface area contributed by atoms with Crippen LogP contribution in [0.3, 0.4) is 0 Å². The lowest BCUT2D eigenvalue weighted by Crippen LogP contribution is -2.52. The molecule has 0 bridgehead atoms. The summed E-state index contributed by atoms with van der Waals surface area (Å²) in [5.74, 6) is 0.348. The van der Waals surface area contributed by atoms with Gasteiger partial charge in [-0.25, -0.2) is 0 Å². The molecule has 3 unspecified atom stereocenters. The van der Waals surface area contributed by atoms with Gasteiger partial charge in [-0.2, -0.15) is 0 Å². The van der Waals surface area contributed by atoms with E-state index in [0.29, 0.717) is 6.54 Å². The van der Waals surface area contributed by atoms with Gasteiger partial charge in [0.1, 0.15) is 0 Å². The smallest absolute Gasteiger partial charge is 0.225 e. The summed E-state index contributed by atoms with van der Waals surface area (Å²) in [7, 11) is 1.73. The Labute approximate surface area is 110 Å². The van der Waals surface area contributed by atoms with Gasteiger partial charge in [-0.1, -0.05) is 13.8 Å². The molecular formula is C12H25ClN2O2. The maximum Gasteiger partial charge on any atom is 0.225 e. The lowest BCUT2D eigenvalue weighted by molar-refractivity contribution is -0.140. The predicted octanol–water partition coefficient (Wildman–Crippen LogP) is 1.42. The van der Waals surface area contributed by atoms with Crippen LogP contribution >= 0.6 is 12.4 Å². The minimum absolute atomic E-state index is 0. The number of carbonyl (C=O) groups is 1. The molecule has 1 heterocycles. The third-order valence-corrected chi connectivity index (χ3v) is 3.59. The van der Waals surface area contributed by atoms with Crippen molar-refractivity contribution in [1.29, 1.82) is 0 Å². The number of likely N-dealkylation sites (tertiary alicyclic amines) is 1. The van der Waals surface area contributed by atoms with Gasteiger partial charge in [0.25, 0.3) is 0 Å². The Morgan fingerprint density at radius 2 is 2.24 bits per heavy atom. The number of carbonyl (C=O) groups excluding carboxylic acids is 1. The quantitative estimate of drug-likeness (QED) is 0.836. The number of nitrogens with zero attached hydrogens (tertiary/aromatic N) is 1. The molecule has 0 aliphatic carbocycles. The summed E-state index contributed by atoms with van der Waals surface area (Å²) in [6.45, 7) is 5.34. The molecule has 1 aliphatic heterocycles. The van der Waals surface area contributed by atoms with Gasteiger partial charge < -0.3 is 15.4 Å². The van der Waals surface area contributed by atoms with Crippen LogP contribution in [-0.4, -0.2) is 43.2 Å². The van der Waals surface area contributed by atoms with Gasteiger partial charge in [0.15, 0.2) is 0 Å². The summed E-state index contributed by atoms with van der Waals surface area (Å²) in [4.78, 5) is 14.1. The average Bonchev–Trinajstić information content (AvgIpc) is 2.35. The fourth-order valence-corrected chi connectivity index (χ4v) is 2.20. The second-order valence-electron chi connectivity index (χ2n) is 4.61. The topological polar surface area (TPSA) is 55.6 Å². The van der Waals surface area contributed by atoms with E-state index < -0.39 is 0 Å². The second-order valence-corrected chi connectivity index (χ2v) is 4.61. The number of methoxy groups -OCH3 is 1. The predicted molar refractivity (Wildman–Crippen MR) is 71.3 cm³/mol. The van der Waals surface area contributed by atoms with E-state index in [1.54, 1.807) is 7.11 Å². The molecule has 3 atom stereocenters. The first-order valence-electron chi connectivity index (χ1n) is 6.17. The van der Waals surface area contributed by atoms with Crippen LogP contribution < -0.4 is 5.73 Å². The number of piperidine rings is 1. The molecule has 1 saturated heterocycles. The molecule has 1 rings (SSSR count). The molecule has 0 spiro atoms. The van der Waals surface area contributed by atoms with Crippen LogP contribution in [0.2, 0.25) is 0 Å². The molecule has 0 aromatic carbocycles. The van der Waals surface area contributed by atoms with Crippen molar-refractivity contribution in [1.82, 2.24) is 4.90 Å². The Bertz CT molecular complexity index is 239. The molecule has 5 heteroatoms. The highest BCUT2D eigenvalue weighted by molar-refractivity contribution is 5.85. The molecular weight excluding hydrogens is 240 g/mol. The van der Waals surface area contributed by atoms with Gasteiger partial charge in [-0.05, 0) is 19.3 Å². The van der Waals surface area contributed by atoms with E-state index in [2.05, 4.69) is 0 Å². The van der Waals surface area contributed by atoms with Gasteiger partial charge in [-0.3, -0.25) is 4.79 Å². The Morgan fingerprint density at radius 3 is 2.71 bits per heavy atom. The molecule has 0 aromatic rings. The van der Waals surface area contributed by atoms with Gasteiger partial charge in [-0.15, -0.1) is 12.4 Å². The normalized spacial score (nSPS) is 26.2. The van der Waals surface area contributed by atoms with Gasteiger partial charge >= 0.3 is 0 Å². The third kappa shape index (κ3) is 4.12. The third-order valence-electron chi connectivity index (χ3n) is 3.59. The molecule has 0 aromatic heterocycles. The molecule has 1 fully saturated rings. The molecule has 17 heavy (non-hydrogen) atoms. The van der Waals surface area contributed by atoms with Crippen molar-refractivity contribution < 1.29 is 9.53 Å². The molecule has 102 valence electrons. The van der Waals surface area contributed by atoms with E-state index in [1.165, 1.54) is 0 Å². The van der Waals surface area contributed by atoms with E-state index in [0.717, 1.165) is 25.8 Å². The minimum Gasteiger partial charge on any atom is -0.381 e. The zero-order chi connectivity index (χ0) is 12.1. The Hall–Kier alpha value is -0.320. The SMILES string of the molecule is CCC(C)C(=O)N1CCC(OC)CC1CN.Cl. The molecule has 0 saturated carbocycles. The van der Waals surface area contributed by atoms with Crippen molar-refractivity contribution in [2.24, 2.45) is 11.7 Å². The maximum atomic E-state index is 12.1. The number of hydrogen-bond acceptors (Lipinski definition) is 3. The second kappa shape index (κ2) is 7.90. The summed E-state index contributed by atoms with van der Waals surface area (Å²) < 4.78 is 5.34. The number of hydrogen-bond donors (Lipinski definition) is 1. The van der Waals surface area contributed by atoms with E-state index in [1.807, 2.05) is 18.7 Å². The van der Waals surface area contributed by atoms with Gasteiger partial charge in [0.05, 0.1) is 6.10 Å². The Morgan fingerprint density at radius 1 is 1.59 bits per heavy atom. The zero-order valence-electron chi connectivity index (χ0n) is 11.0. The largest absolute Gasteiger partial charge is 0.381 e. The monoisotopic (exact) mass is 264 g/mol. The molecule has 0 radical (unpaired) electrons. The lowest BCUT2D eigenvalue weighted by atomic mass is 9.96. The summed E-state index contributed by atoms with van der Waals surface area (Å²) >= 11 is 0. The summed E-state index contributed by atoms with van der Waals surface area (Å²) in [5.41, 5.74) is 5.74. The van der Waals surface area contributed by atoms with Crippen LogP contribution in [0.1, 0.15) is 33.1 Å². The summed E-state index contributed by atoms with van der Waals surface area (Å²) in [6, 6.07) is 0.153. The fraction of sp³-hybridized carbons (Fsp3) is 0.917. The number of halogens is 1. The number of rotatable bonds is 4. The molecule has 1 amide bonds. The van der Waals surface area contributed by atoms with Crippen LogP contribution in [-0.2, 0) is 9.53 Å². The van der Waals surface area contributed by atoms with Crippen LogP contribution in [0.25, 0.3) is 0 Å². The lowest BCUT2D eigenvalue weighted by Gasteiger charge is -2.39. The number of nitrogens with two attached hydrogens (primary N) is 1. The van der Waals surface area contributed by atoms with E-state index in [-0.39, 0.29) is 36.4 Å². The Balaban J connectivity index is 0.00000256. The van der Waals surface area contributed by atoms with Crippen LogP contribution in [0.5, 0.6) is 0 Å². The first-order chi connectivity index (χ1) is 7.63. The van der Waals surface area contributed by atoms with Gasteiger partial charge in [0, 0.05) is 32.2 Å². The van der Waals surface area contributed by atoms with Gasteiger partial charge in [0.2, 0.25) is 5.91 Å². The molecule has 2 N–H and O–H groups in total. The average molecular weight is 265 g/mol. The maximum absolute atomic E-state index is 12.1. The highest BCUT2D eigenvalue weighted by Gasteiger charge is 2.32. The van der Waals surface area contributed by atoms with Crippen molar-refractivity contribution in [3.63, 3.8) is 0 Å². The standard InChI is InChI=1S/C12H24N2O2.ClH/c1-4-9(2)12(15)14-6-5-11(16-3)7-10(14)8-13;/h9-11H,4-8,13H2,1-3H3;1H. The van der Waals surface area contributed by atoms with E-state index in [9.17, 15) is 4.79 Å². The molecule has 4 nitrogen and oxygen atoms in total. The number of amides is 1. The van der Waals surface area contributed by atoms with E-state index in [4.69, 9.17) is 10.5 Å². The first kappa shape index (κ1) is 16.7. The fourth-order valence-electron chi connectivity index (χ4n) is 2.20. The highest BCUT2D eigenvalue weighted by Crippen LogP contribution is 2.21. The van der Waals surface area contributed by atoms with Crippen molar-refractivity contribution in [2.75, 3.05) is 20.2 Å². The number of ether oxygens (including phenoxy) is 1. The summed E-state index contributed by atoms with van der Waals surface area (Å²) in [5, 5.41) is 0. The minimum atomic E-state index is 0. The van der Waals surface area contributed by atoms with Crippen molar-refractivity contribution in [3.8, 4) is 0 Å². The van der Waals surface area contributed by atoms with Crippen LogP contribution in [0, 0.1) is 5.92 Å².